The molecule has 0 amide bonds. The standard InChI is InChI=1S/C18H27N3O/c1-11-17(15(19)10-22)14-6-12-8-21(18(2,3)4)9-13(12)7-16(14)20(11)5/h6-7,15,22H,8-10,19H2,1-5H3. The Kier molecular flexibility index (Phi) is 3.59. The molecule has 1 unspecified atom stereocenters. The van der Waals surface area contributed by atoms with Crippen molar-refractivity contribution in [2.75, 3.05) is 6.61 Å². The molecular formula is C18H27N3O. The molecule has 2 heterocycles. The first kappa shape index (κ1) is 15.5. The molecule has 0 spiro atoms. The molecule has 1 aliphatic heterocycles. The third-order valence-corrected chi connectivity index (χ3v) is 5.10. The molecule has 1 aliphatic rings. The lowest BCUT2D eigenvalue weighted by Gasteiger charge is -2.31. The molecule has 0 aliphatic carbocycles. The number of rotatable bonds is 2. The smallest absolute Gasteiger partial charge is 0.0625 e. The third-order valence-electron chi connectivity index (χ3n) is 5.10. The van der Waals surface area contributed by atoms with Crippen molar-refractivity contribution >= 4 is 10.9 Å². The molecule has 22 heavy (non-hydrogen) atoms. The zero-order valence-electron chi connectivity index (χ0n) is 14.3. The number of fused-ring (bicyclic) bond motifs is 2. The average molecular weight is 301 g/mol. The van der Waals surface area contributed by atoms with Gasteiger partial charge in [0.15, 0.2) is 0 Å². The summed E-state index contributed by atoms with van der Waals surface area (Å²) in [6.45, 7) is 10.8. The molecule has 0 saturated heterocycles. The Balaban J connectivity index is 2.15. The molecule has 4 nitrogen and oxygen atoms in total. The molecule has 0 bridgehead atoms. The van der Waals surface area contributed by atoms with E-state index in [-0.39, 0.29) is 18.2 Å². The zero-order valence-corrected chi connectivity index (χ0v) is 14.3. The minimum Gasteiger partial charge on any atom is -0.394 e. The highest BCUT2D eigenvalue weighted by molar-refractivity contribution is 5.87. The predicted molar refractivity (Wildman–Crippen MR) is 90.7 cm³/mol. The first-order valence-corrected chi connectivity index (χ1v) is 7.96. The quantitative estimate of drug-likeness (QED) is 0.896. The highest BCUT2D eigenvalue weighted by atomic mass is 16.3. The zero-order chi connectivity index (χ0) is 16.2. The Morgan fingerprint density at radius 2 is 1.82 bits per heavy atom. The molecule has 1 atom stereocenters. The summed E-state index contributed by atoms with van der Waals surface area (Å²) in [4.78, 5) is 2.50. The fourth-order valence-corrected chi connectivity index (χ4v) is 3.52. The Morgan fingerprint density at radius 3 is 2.36 bits per heavy atom. The van der Waals surface area contributed by atoms with E-state index in [0.717, 1.165) is 24.3 Å². The number of benzene rings is 1. The topological polar surface area (TPSA) is 54.4 Å². The van der Waals surface area contributed by atoms with Gasteiger partial charge in [-0.05, 0) is 56.5 Å². The molecule has 3 rings (SSSR count). The van der Waals surface area contributed by atoms with Crippen LogP contribution in [0.25, 0.3) is 10.9 Å². The van der Waals surface area contributed by atoms with Gasteiger partial charge in [0.1, 0.15) is 0 Å². The lowest BCUT2D eigenvalue weighted by molar-refractivity contribution is 0.136. The van der Waals surface area contributed by atoms with E-state index in [1.54, 1.807) is 0 Å². The molecule has 1 aromatic heterocycles. The average Bonchev–Trinajstić information content (AvgIpc) is 2.97. The van der Waals surface area contributed by atoms with E-state index in [0.29, 0.717) is 0 Å². The lowest BCUT2D eigenvalue weighted by Crippen LogP contribution is -2.36. The largest absolute Gasteiger partial charge is 0.394 e. The summed E-state index contributed by atoms with van der Waals surface area (Å²) in [5, 5.41) is 10.7. The maximum atomic E-state index is 9.48. The fraction of sp³-hybridized carbons (Fsp3) is 0.556. The highest BCUT2D eigenvalue weighted by Crippen LogP contribution is 2.36. The van der Waals surface area contributed by atoms with Gasteiger partial charge < -0.3 is 15.4 Å². The van der Waals surface area contributed by atoms with E-state index in [1.807, 2.05) is 0 Å². The highest BCUT2D eigenvalue weighted by Gasteiger charge is 2.29. The van der Waals surface area contributed by atoms with Crippen molar-refractivity contribution in [1.82, 2.24) is 9.47 Å². The molecule has 120 valence electrons. The summed E-state index contributed by atoms with van der Waals surface area (Å²) in [5.41, 5.74) is 12.6. The normalized spacial score (nSPS) is 17.2. The molecular weight excluding hydrogens is 274 g/mol. The summed E-state index contributed by atoms with van der Waals surface area (Å²) in [6, 6.07) is 4.27. The van der Waals surface area contributed by atoms with Gasteiger partial charge in [-0.1, -0.05) is 0 Å². The summed E-state index contributed by atoms with van der Waals surface area (Å²) < 4.78 is 2.19. The number of hydrogen-bond donors (Lipinski definition) is 2. The number of aliphatic hydroxyl groups is 1. The predicted octanol–water partition coefficient (Wildman–Crippen LogP) is 2.59. The van der Waals surface area contributed by atoms with Gasteiger partial charge in [0, 0.05) is 42.3 Å². The second kappa shape index (κ2) is 5.08. The van der Waals surface area contributed by atoms with Crippen LogP contribution in [0, 0.1) is 6.92 Å². The van der Waals surface area contributed by atoms with E-state index in [4.69, 9.17) is 5.73 Å². The van der Waals surface area contributed by atoms with Crippen molar-refractivity contribution in [1.29, 1.82) is 0 Å². The van der Waals surface area contributed by atoms with Gasteiger partial charge >= 0.3 is 0 Å². The maximum absolute atomic E-state index is 9.48. The Morgan fingerprint density at radius 1 is 1.23 bits per heavy atom. The van der Waals surface area contributed by atoms with Gasteiger partial charge in [-0.3, -0.25) is 4.90 Å². The Bertz CT molecular complexity index is 724. The monoisotopic (exact) mass is 301 g/mol. The minimum atomic E-state index is -0.318. The van der Waals surface area contributed by atoms with E-state index in [9.17, 15) is 5.11 Å². The maximum Gasteiger partial charge on any atom is 0.0625 e. The van der Waals surface area contributed by atoms with Crippen LogP contribution in [0.15, 0.2) is 12.1 Å². The van der Waals surface area contributed by atoms with Crippen LogP contribution in [0.4, 0.5) is 0 Å². The van der Waals surface area contributed by atoms with Gasteiger partial charge in [-0.25, -0.2) is 0 Å². The number of aliphatic hydroxyl groups excluding tert-OH is 1. The van der Waals surface area contributed by atoms with Crippen molar-refractivity contribution in [3.8, 4) is 0 Å². The number of aromatic nitrogens is 1. The SMILES string of the molecule is Cc1c(C(N)CO)c2cc3c(cc2n1C)CN(C(C)(C)C)C3. The van der Waals surface area contributed by atoms with Crippen LogP contribution < -0.4 is 5.73 Å². The molecule has 4 heteroatoms. The second-order valence-electron chi connectivity index (χ2n) is 7.51. The van der Waals surface area contributed by atoms with Gasteiger partial charge in [0.2, 0.25) is 0 Å². The van der Waals surface area contributed by atoms with E-state index in [1.165, 1.54) is 22.0 Å². The number of nitrogens with two attached hydrogens (primary N) is 1. The number of hydrogen-bond acceptors (Lipinski definition) is 3. The van der Waals surface area contributed by atoms with Crippen molar-refractivity contribution in [3.05, 3.63) is 34.5 Å². The summed E-state index contributed by atoms with van der Waals surface area (Å²) in [5.74, 6) is 0. The Labute approximate surface area is 132 Å². The van der Waals surface area contributed by atoms with Crippen molar-refractivity contribution in [3.63, 3.8) is 0 Å². The number of nitrogens with zero attached hydrogens (tertiary/aromatic N) is 2. The Hall–Kier alpha value is -1.36. The van der Waals surface area contributed by atoms with Crippen LogP contribution in [0.5, 0.6) is 0 Å². The van der Waals surface area contributed by atoms with Gasteiger partial charge in [-0.15, -0.1) is 0 Å². The molecule has 0 saturated carbocycles. The van der Waals surface area contributed by atoms with Crippen LogP contribution >= 0.6 is 0 Å². The van der Waals surface area contributed by atoms with Crippen molar-refractivity contribution in [2.45, 2.75) is 52.4 Å². The molecule has 2 aromatic rings. The van der Waals surface area contributed by atoms with E-state index in [2.05, 4.69) is 56.3 Å². The molecule has 0 fully saturated rings. The molecule has 0 radical (unpaired) electrons. The number of aryl methyl sites for hydroxylation is 1. The lowest BCUT2D eigenvalue weighted by atomic mass is 10.0. The van der Waals surface area contributed by atoms with E-state index < -0.39 is 0 Å². The van der Waals surface area contributed by atoms with Crippen LogP contribution in [0.3, 0.4) is 0 Å². The first-order chi connectivity index (χ1) is 10.2. The van der Waals surface area contributed by atoms with Gasteiger partial charge in [0.05, 0.1) is 12.6 Å². The third kappa shape index (κ3) is 2.26. The van der Waals surface area contributed by atoms with Crippen LogP contribution in [-0.2, 0) is 20.1 Å². The molecule has 3 N–H and O–H groups in total. The van der Waals surface area contributed by atoms with Gasteiger partial charge in [-0.2, -0.15) is 0 Å². The second-order valence-corrected chi connectivity index (χ2v) is 7.51. The van der Waals surface area contributed by atoms with Crippen molar-refractivity contribution in [2.24, 2.45) is 12.8 Å². The van der Waals surface area contributed by atoms with Crippen LogP contribution in [-0.4, -0.2) is 26.7 Å². The van der Waals surface area contributed by atoms with Crippen molar-refractivity contribution < 1.29 is 5.11 Å². The fourth-order valence-electron chi connectivity index (χ4n) is 3.52. The van der Waals surface area contributed by atoms with Crippen LogP contribution in [0.2, 0.25) is 0 Å². The minimum absolute atomic E-state index is 0.0227. The summed E-state index contributed by atoms with van der Waals surface area (Å²) in [7, 11) is 2.08. The first-order valence-electron chi connectivity index (χ1n) is 7.96. The summed E-state index contributed by atoms with van der Waals surface area (Å²) >= 11 is 0. The van der Waals surface area contributed by atoms with Gasteiger partial charge in [0.25, 0.3) is 0 Å². The summed E-state index contributed by atoms with van der Waals surface area (Å²) in [6.07, 6.45) is 0. The molecule has 1 aromatic carbocycles. The van der Waals surface area contributed by atoms with E-state index >= 15 is 0 Å². The van der Waals surface area contributed by atoms with Crippen LogP contribution in [0.1, 0.15) is 49.2 Å².